The van der Waals surface area contributed by atoms with Gasteiger partial charge in [-0.2, -0.15) is 5.06 Å². The Morgan fingerprint density at radius 2 is 2.18 bits per heavy atom. The van der Waals surface area contributed by atoms with Gasteiger partial charge in [-0.25, -0.2) is 9.19 Å². The molecule has 1 aliphatic rings. The maximum Gasteiger partial charge on any atom is 0.438 e. The van der Waals surface area contributed by atoms with Crippen LogP contribution in [0.1, 0.15) is 11.7 Å². The minimum atomic E-state index is -4.01. The molecule has 2 unspecified atom stereocenters. The quantitative estimate of drug-likeness (QED) is 0.859. The first-order chi connectivity index (χ1) is 8.04. The Morgan fingerprint density at radius 1 is 1.47 bits per heavy atom. The van der Waals surface area contributed by atoms with Crippen LogP contribution in [0.3, 0.4) is 0 Å². The molecular weight excluding hydrogens is 265 g/mol. The number of hydroxylamine groups is 2. The number of morpholine rings is 1. The lowest BCUT2D eigenvalue weighted by atomic mass is 10.1. The minimum Gasteiger partial charge on any atom is -0.371 e. The number of hydrogen-bond donors (Lipinski definition) is 1. The van der Waals surface area contributed by atoms with Crippen molar-refractivity contribution in [2.24, 2.45) is 0 Å². The van der Waals surface area contributed by atoms with Gasteiger partial charge in [0.2, 0.25) is 0 Å². The smallest absolute Gasteiger partial charge is 0.371 e. The van der Waals surface area contributed by atoms with E-state index < -0.39 is 6.95 Å². The third kappa shape index (κ3) is 4.07. The first-order valence-electron chi connectivity index (χ1n) is 5.18. The van der Waals surface area contributed by atoms with Gasteiger partial charge in [-0.3, -0.25) is 0 Å². The molecule has 2 rings (SSSR count). The van der Waals surface area contributed by atoms with Crippen molar-refractivity contribution in [3.63, 3.8) is 0 Å². The SMILES string of the molecule is O=P(O)(Cl)ON1CCOC(c2ccccc2)C1. The van der Waals surface area contributed by atoms with Crippen molar-refractivity contribution >= 4 is 18.2 Å². The Hall–Kier alpha value is -0.420. The van der Waals surface area contributed by atoms with Crippen LogP contribution in [-0.4, -0.2) is 29.7 Å². The molecule has 7 heteroatoms. The Kier molecular flexibility index (Phi) is 4.20. The third-order valence-corrected chi connectivity index (χ3v) is 3.03. The van der Waals surface area contributed by atoms with Crippen molar-refractivity contribution in [3.8, 4) is 0 Å². The van der Waals surface area contributed by atoms with Crippen molar-refractivity contribution in [1.29, 1.82) is 0 Å². The van der Waals surface area contributed by atoms with Crippen LogP contribution in [0.5, 0.6) is 0 Å². The van der Waals surface area contributed by atoms with Crippen molar-refractivity contribution < 1.29 is 18.8 Å². The summed E-state index contributed by atoms with van der Waals surface area (Å²) < 4.78 is 21.3. The monoisotopic (exact) mass is 277 g/mol. The zero-order valence-corrected chi connectivity index (χ0v) is 10.7. The van der Waals surface area contributed by atoms with E-state index in [2.05, 4.69) is 0 Å². The molecule has 5 nitrogen and oxygen atoms in total. The summed E-state index contributed by atoms with van der Waals surface area (Å²) in [5.74, 6) is 0. The fraction of sp³-hybridized carbons (Fsp3) is 0.400. The predicted molar refractivity (Wildman–Crippen MR) is 63.5 cm³/mol. The molecule has 1 aromatic carbocycles. The van der Waals surface area contributed by atoms with Gasteiger partial charge in [-0.1, -0.05) is 30.3 Å². The molecule has 0 radical (unpaired) electrons. The van der Waals surface area contributed by atoms with Crippen LogP contribution in [0.15, 0.2) is 30.3 Å². The molecule has 0 spiro atoms. The zero-order valence-electron chi connectivity index (χ0n) is 9.03. The number of hydrogen-bond acceptors (Lipinski definition) is 4. The number of benzene rings is 1. The van der Waals surface area contributed by atoms with E-state index in [0.29, 0.717) is 19.7 Å². The summed E-state index contributed by atoms with van der Waals surface area (Å²) in [6.45, 7) is -2.79. The second-order valence-corrected chi connectivity index (χ2v) is 6.04. The van der Waals surface area contributed by atoms with Gasteiger partial charge < -0.3 is 9.63 Å². The number of halogens is 1. The highest BCUT2D eigenvalue weighted by atomic mass is 35.7. The van der Waals surface area contributed by atoms with E-state index in [4.69, 9.17) is 25.5 Å². The van der Waals surface area contributed by atoms with E-state index in [-0.39, 0.29) is 6.10 Å². The molecule has 1 saturated heterocycles. The molecule has 1 aliphatic heterocycles. The van der Waals surface area contributed by atoms with Gasteiger partial charge in [0.25, 0.3) is 0 Å². The average molecular weight is 278 g/mol. The van der Waals surface area contributed by atoms with Crippen molar-refractivity contribution in [2.75, 3.05) is 19.7 Å². The first kappa shape index (κ1) is 13.0. The molecule has 0 amide bonds. The molecule has 1 heterocycles. The standard InChI is InChI=1S/C10H13ClNO4P/c11-17(13,14)16-12-6-7-15-10(8-12)9-4-2-1-3-5-9/h1-5,10H,6-8H2,(H,13,14). The van der Waals surface area contributed by atoms with Crippen LogP contribution in [0.2, 0.25) is 0 Å². The fourth-order valence-corrected chi connectivity index (χ4v) is 2.41. The summed E-state index contributed by atoms with van der Waals surface area (Å²) in [6, 6.07) is 9.62. The summed E-state index contributed by atoms with van der Waals surface area (Å²) in [5.41, 5.74) is 1.00. The summed E-state index contributed by atoms with van der Waals surface area (Å²) in [5, 5.41) is 1.37. The lowest BCUT2D eigenvalue weighted by Crippen LogP contribution is -2.37. The largest absolute Gasteiger partial charge is 0.438 e. The highest BCUT2D eigenvalue weighted by molar-refractivity contribution is 7.80. The van der Waals surface area contributed by atoms with E-state index in [0.717, 1.165) is 5.56 Å². The maximum atomic E-state index is 10.9. The lowest BCUT2D eigenvalue weighted by Gasteiger charge is -2.31. The molecular formula is C10H13ClNO4P. The lowest BCUT2D eigenvalue weighted by molar-refractivity contribution is -0.151. The third-order valence-electron chi connectivity index (χ3n) is 2.42. The van der Waals surface area contributed by atoms with Crippen molar-refractivity contribution in [3.05, 3.63) is 35.9 Å². The topological polar surface area (TPSA) is 59.0 Å². The van der Waals surface area contributed by atoms with E-state index in [9.17, 15) is 4.57 Å². The van der Waals surface area contributed by atoms with Gasteiger partial charge in [0.15, 0.2) is 0 Å². The Labute approximate surface area is 104 Å². The van der Waals surface area contributed by atoms with Crippen LogP contribution in [-0.2, 0) is 13.9 Å². The fourth-order valence-electron chi connectivity index (χ4n) is 1.71. The van der Waals surface area contributed by atoms with Gasteiger partial charge in [0, 0.05) is 17.8 Å². The van der Waals surface area contributed by atoms with Crippen molar-refractivity contribution in [2.45, 2.75) is 6.10 Å². The van der Waals surface area contributed by atoms with Gasteiger partial charge in [-0.15, -0.1) is 0 Å². The zero-order chi connectivity index (χ0) is 12.3. The number of ether oxygens (including phenoxy) is 1. The maximum absolute atomic E-state index is 10.9. The van der Waals surface area contributed by atoms with E-state index in [1.54, 1.807) is 0 Å². The highest BCUT2D eigenvalue weighted by Gasteiger charge is 2.27. The van der Waals surface area contributed by atoms with Gasteiger partial charge in [0.05, 0.1) is 19.3 Å². The predicted octanol–water partition coefficient (Wildman–Crippen LogP) is 2.33. The molecule has 0 saturated carbocycles. The molecule has 0 aromatic heterocycles. The number of nitrogens with zero attached hydrogens (tertiary/aromatic N) is 1. The van der Waals surface area contributed by atoms with Crippen LogP contribution < -0.4 is 0 Å². The molecule has 2 atom stereocenters. The minimum absolute atomic E-state index is 0.173. The van der Waals surface area contributed by atoms with Crippen LogP contribution in [0.25, 0.3) is 0 Å². The summed E-state index contributed by atoms with van der Waals surface area (Å²) in [7, 11) is 0. The molecule has 17 heavy (non-hydrogen) atoms. The van der Waals surface area contributed by atoms with Gasteiger partial charge in [-0.05, 0) is 5.56 Å². The van der Waals surface area contributed by atoms with Crippen LogP contribution >= 0.6 is 18.2 Å². The van der Waals surface area contributed by atoms with E-state index in [1.807, 2.05) is 30.3 Å². The summed E-state index contributed by atoms with van der Waals surface area (Å²) in [4.78, 5) is 8.94. The molecule has 1 fully saturated rings. The summed E-state index contributed by atoms with van der Waals surface area (Å²) in [6.07, 6.45) is -0.173. The molecule has 0 aliphatic carbocycles. The molecule has 1 N–H and O–H groups in total. The molecule has 94 valence electrons. The Balaban J connectivity index is 2.00. The van der Waals surface area contributed by atoms with Crippen molar-refractivity contribution in [1.82, 2.24) is 5.06 Å². The Morgan fingerprint density at radius 3 is 2.82 bits per heavy atom. The average Bonchev–Trinajstić information content (AvgIpc) is 2.28. The van der Waals surface area contributed by atoms with E-state index in [1.165, 1.54) is 5.06 Å². The second-order valence-electron chi connectivity index (χ2n) is 3.69. The van der Waals surface area contributed by atoms with Crippen LogP contribution in [0.4, 0.5) is 0 Å². The number of rotatable bonds is 3. The Bertz CT molecular complexity index is 410. The van der Waals surface area contributed by atoms with Crippen LogP contribution in [0, 0.1) is 0 Å². The normalized spacial score (nSPS) is 25.4. The molecule has 0 bridgehead atoms. The highest BCUT2D eigenvalue weighted by Crippen LogP contribution is 2.48. The van der Waals surface area contributed by atoms with Gasteiger partial charge >= 0.3 is 6.95 Å². The van der Waals surface area contributed by atoms with E-state index >= 15 is 0 Å². The summed E-state index contributed by atoms with van der Waals surface area (Å²) >= 11 is 5.17. The molecule has 1 aromatic rings. The first-order valence-corrected chi connectivity index (χ1v) is 7.66. The van der Waals surface area contributed by atoms with Gasteiger partial charge in [0.1, 0.15) is 0 Å². The second kappa shape index (κ2) is 5.48.